The van der Waals surface area contributed by atoms with Crippen LogP contribution in [0.25, 0.3) is 0 Å². The Labute approximate surface area is 59.6 Å². The van der Waals surface area contributed by atoms with Crippen molar-refractivity contribution in [3.05, 3.63) is 0 Å². The first-order chi connectivity index (χ1) is 4.62. The topological polar surface area (TPSA) is 89.3 Å². The van der Waals surface area contributed by atoms with E-state index in [1.54, 1.807) is 4.72 Å². The van der Waals surface area contributed by atoms with Gasteiger partial charge in [-0.25, -0.2) is 8.42 Å². The second kappa shape index (κ2) is 4.24. The summed E-state index contributed by atoms with van der Waals surface area (Å²) < 4.78 is 22.9. The number of hydrogen-bond acceptors (Lipinski definition) is 4. The van der Waals surface area contributed by atoms with Crippen LogP contribution in [0.3, 0.4) is 0 Å². The highest BCUT2D eigenvalue weighted by Gasteiger charge is 2.05. The number of carbonyl (C=O) groups is 1. The molecule has 0 atom stereocenters. The van der Waals surface area contributed by atoms with Gasteiger partial charge in [0.1, 0.15) is 0 Å². The van der Waals surface area contributed by atoms with Crippen LogP contribution in [-0.4, -0.2) is 27.1 Å². The van der Waals surface area contributed by atoms with Crippen molar-refractivity contribution >= 4 is 16.4 Å². The van der Waals surface area contributed by atoms with Crippen molar-refractivity contribution in [2.24, 2.45) is 5.73 Å². The van der Waals surface area contributed by atoms with Crippen molar-refractivity contribution in [3.63, 3.8) is 0 Å². The zero-order chi connectivity index (χ0) is 8.04. The van der Waals surface area contributed by atoms with E-state index in [-0.39, 0.29) is 12.2 Å². The van der Waals surface area contributed by atoms with Crippen LogP contribution in [0.15, 0.2) is 0 Å². The monoisotopic (exact) mass is 166 g/mol. The zero-order valence-electron chi connectivity index (χ0n) is 5.41. The SMILES string of the molecule is NCCCS(=O)(=O)NC=O. The van der Waals surface area contributed by atoms with Crippen molar-refractivity contribution in [2.75, 3.05) is 12.3 Å². The van der Waals surface area contributed by atoms with Crippen molar-refractivity contribution in [1.82, 2.24) is 4.72 Å². The number of amides is 1. The lowest BCUT2D eigenvalue weighted by molar-refractivity contribution is -0.108. The molecule has 0 fully saturated rings. The van der Waals surface area contributed by atoms with E-state index in [2.05, 4.69) is 0 Å². The van der Waals surface area contributed by atoms with Gasteiger partial charge in [0.05, 0.1) is 5.75 Å². The van der Waals surface area contributed by atoms with Gasteiger partial charge in [0.2, 0.25) is 16.4 Å². The number of sulfonamides is 1. The lowest BCUT2D eigenvalue weighted by Crippen LogP contribution is -2.25. The fourth-order valence-electron chi connectivity index (χ4n) is 0.406. The molecular formula is C4H10N2O3S. The molecule has 0 heterocycles. The largest absolute Gasteiger partial charge is 0.330 e. The summed E-state index contributed by atoms with van der Waals surface area (Å²) in [6, 6.07) is 0. The number of carbonyl (C=O) groups excluding carboxylic acids is 1. The smallest absolute Gasteiger partial charge is 0.234 e. The maximum Gasteiger partial charge on any atom is 0.234 e. The Kier molecular flexibility index (Phi) is 3.97. The van der Waals surface area contributed by atoms with E-state index < -0.39 is 10.0 Å². The molecule has 0 rings (SSSR count). The van der Waals surface area contributed by atoms with Gasteiger partial charge in [0, 0.05) is 0 Å². The minimum atomic E-state index is -3.39. The minimum absolute atomic E-state index is 0.0950. The van der Waals surface area contributed by atoms with Gasteiger partial charge in [-0.2, -0.15) is 0 Å². The molecule has 0 unspecified atom stereocenters. The highest BCUT2D eigenvalue weighted by atomic mass is 32.2. The summed E-state index contributed by atoms with van der Waals surface area (Å²) in [7, 11) is -3.39. The Morgan fingerprint density at radius 2 is 2.10 bits per heavy atom. The Morgan fingerprint density at radius 1 is 1.50 bits per heavy atom. The van der Waals surface area contributed by atoms with Crippen molar-refractivity contribution < 1.29 is 13.2 Å². The van der Waals surface area contributed by atoms with E-state index in [4.69, 9.17) is 5.73 Å². The van der Waals surface area contributed by atoms with Crippen molar-refractivity contribution in [1.29, 1.82) is 0 Å². The second-order valence-corrected chi connectivity index (χ2v) is 3.57. The summed E-state index contributed by atoms with van der Waals surface area (Å²) in [5.74, 6) is -0.0950. The zero-order valence-corrected chi connectivity index (χ0v) is 6.23. The average Bonchev–Trinajstić information content (AvgIpc) is 1.84. The first-order valence-corrected chi connectivity index (χ1v) is 4.41. The Bertz CT molecular complexity index is 187. The lowest BCUT2D eigenvalue weighted by Gasteiger charge is -1.98. The van der Waals surface area contributed by atoms with Gasteiger partial charge in [-0.1, -0.05) is 0 Å². The average molecular weight is 166 g/mol. The van der Waals surface area contributed by atoms with Crippen LogP contribution in [0.4, 0.5) is 0 Å². The predicted molar refractivity (Wildman–Crippen MR) is 36.7 cm³/mol. The summed E-state index contributed by atoms with van der Waals surface area (Å²) in [6.45, 7) is 0.305. The van der Waals surface area contributed by atoms with E-state index >= 15 is 0 Å². The Hall–Kier alpha value is -0.620. The van der Waals surface area contributed by atoms with Gasteiger partial charge < -0.3 is 5.73 Å². The third-order valence-electron chi connectivity index (χ3n) is 0.845. The molecule has 0 radical (unpaired) electrons. The Balaban J connectivity index is 3.76. The van der Waals surface area contributed by atoms with Crippen LogP contribution in [-0.2, 0) is 14.8 Å². The van der Waals surface area contributed by atoms with Crippen LogP contribution >= 0.6 is 0 Å². The molecule has 0 bridgehead atoms. The van der Waals surface area contributed by atoms with Crippen molar-refractivity contribution in [2.45, 2.75) is 6.42 Å². The third kappa shape index (κ3) is 4.28. The number of rotatable bonds is 5. The van der Waals surface area contributed by atoms with Gasteiger partial charge in [-0.3, -0.25) is 9.52 Å². The molecule has 0 aliphatic carbocycles. The number of nitrogens with one attached hydrogen (secondary N) is 1. The van der Waals surface area contributed by atoms with Crippen LogP contribution in [0, 0.1) is 0 Å². The predicted octanol–water partition coefficient (Wildman–Crippen LogP) is -1.59. The van der Waals surface area contributed by atoms with Crippen molar-refractivity contribution in [3.8, 4) is 0 Å². The van der Waals surface area contributed by atoms with Crippen LogP contribution in [0.2, 0.25) is 0 Å². The number of hydrogen-bond donors (Lipinski definition) is 2. The molecule has 0 saturated carbocycles. The van der Waals surface area contributed by atoms with Crippen LogP contribution in [0.1, 0.15) is 6.42 Å². The number of nitrogens with two attached hydrogens (primary N) is 1. The first-order valence-electron chi connectivity index (χ1n) is 2.76. The molecule has 0 spiro atoms. The van der Waals surface area contributed by atoms with E-state index in [1.165, 1.54) is 0 Å². The molecule has 0 aliphatic rings. The minimum Gasteiger partial charge on any atom is -0.330 e. The molecule has 3 N–H and O–H groups in total. The summed E-state index contributed by atoms with van der Waals surface area (Å²) >= 11 is 0. The molecule has 0 aromatic heterocycles. The van der Waals surface area contributed by atoms with Gasteiger partial charge in [-0.05, 0) is 13.0 Å². The normalized spacial score (nSPS) is 10.9. The van der Waals surface area contributed by atoms with E-state index in [0.717, 1.165) is 0 Å². The maximum absolute atomic E-state index is 10.6. The molecule has 10 heavy (non-hydrogen) atoms. The summed E-state index contributed by atoms with van der Waals surface area (Å²) in [5, 5.41) is 0. The molecular weight excluding hydrogens is 156 g/mol. The highest BCUT2D eigenvalue weighted by molar-refractivity contribution is 7.89. The van der Waals surface area contributed by atoms with Crippen LogP contribution < -0.4 is 10.5 Å². The van der Waals surface area contributed by atoms with Gasteiger partial charge >= 0.3 is 0 Å². The van der Waals surface area contributed by atoms with E-state index in [1.807, 2.05) is 0 Å². The Morgan fingerprint density at radius 3 is 2.50 bits per heavy atom. The molecule has 0 aliphatic heterocycles. The van der Waals surface area contributed by atoms with E-state index in [0.29, 0.717) is 13.0 Å². The standard InChI is InChI=1S/C4H10N2O3S/c5-2-1-3-10(8,9)6-4-7/h4H,1-3,5H2,(H,6,7). The summed E-state index contributed by atoms with van der Waals surface area (Å²) in [4.78, 5) is 9.66. The van der Waals surface area contributed by atoms with E-state index in [9.17, 15) is 13.2 Å². The molecule has 60 valence electrons. The van der Waals surface area contributed by atoms with Crippen LogP contribution in [0.5, 0.6) is 0 Å². The quantitative estimate of drug-likeness (QED) is 0.482. The molecule has 0 saturated heterocycles. The maximum atomic E-state index is 10.6. The van der Waals surface area contributed by atoms with Gasteiger partial charge in [-0.15, -0.1) is 0 Å². The highest BCUT2D eigenvalue weighted by Crippen LogP contribution is 1.84. The molecule has 1 amide bonds. The van der Waals surface area contributed by atoms with Gasteiger partial charge in [0.25, 0.3) is 0 Å². The fraction of sp³-hybridized carbons (Fsp3) is 0.750. The summed E-state index contributed by atoms with van der Waals surface area (Å²) in [5.41, 5.74) is 5.05. The molecule has 5 nitrogen and oxygen atoms in total. The lowest BCUT2D eigenvalue weighted by atomic mass is 10.5. The first kappa shape index (κ1) is 9.38. The third-order valence-corrected chi connectivity index (χ3v) is 2.13. The molecule has 6 heteroatoms. The second-order valence-electron chi connectivity index (χ2n) is 1.70. The molecule has 0 aromatic rings. The fourth-order valence-corrected chi connectivity index (χ4v) is 1.22. The van der Waals surface area contributed by atoms with Gasteiger partial charge in [0.15, 0.2) is 0 Å². The molecule has 0 aromatic carbocycles. The summed E-state index contributed by atoms with van der Waals surface area (Å²) in [6.07, 6.45) is 0.509.